The van der Waals surface area contributed by atoms with Crippen LogP contribution in [0.25, 0.3) is 87.4 Å². The Morgan fingerprint density at radius 1 is 0.298 bits per heavy atom. The topological polar surface area (TPSA) is 38.7 Å². The Hall–Kier alpha value is -5.97. The zero-order chi connectivity index (χ0) is 31.2. The summed E-state index contributed by atoms with van der Waals surface area (Å²) in [5, 5.41) is 5.05. The van der Waals surface area contributed by atoms with Gasteiger partial charge in [0, 0.05) is 36.9 Å². The lowest BCUT2D eigenvalue weighted by Gasteiger charge is -2.10. The third kappa shape index (κ3) is 5.15. The predicted molar refractivity (Wildman–Crippen MR) is 197 cm³/mol. The van der Waals surface area contributed by atoms with Gasteiger partial charge in [0.2, 0.25) is 0 Å². The Bertz CT molecular complexity index is 2570. The van der Waals surface area contributed by atoms with Crippen molar-refractivity contribution in [2.45, 2.75) is 0 Å². The third-order valence-electron chi connectivity index (χ3n) is 8.72. The molecule has 3 nitrogen and oxygen atoms in total. The molecule has 0 saturated carbocycles. The van der Waals surface area contributed by atoms with Crippen LogP contribution in [0, 0.1) is 0 Å². The van der Waals surface area contributed by atoms with Crippen LogP contribution in [0.5, 0.6) is 0 Å². The highest BCUT2D eigenvalue weighted by molar-refractivity contribution is 7.25. The van der Waals surface area contributed by atoms with Gasteiger partial charge in [-0.2, -0.15) is 0 Å². The van der Waals surface area contributed by atoms with E-state index in [-0.39, 0.29) is 0 Å². The third-order valence-corrected chi connectivity index (χ3v) is 9.88. The van der Waals surface area contributed by atoms with Crippen molar-refractivity contribution in [2.75, 3.05) is 0 Å². The second kappa shape index (κ2) is 11.4. The van der Waals surface area contributed by atoms with Gasteiger partial charge >= 0.3 is 0 Å². The Morgan fingerprint density at radius 2 is 0.830 bits per heavy atom. The summed E-state index contributed by atoms with van der Waals surface area (Å²) in [5.74, 6) is 1.95. The van der Waals surface area contributed by atoms with E-state index in [9.17, 15) is 0 Å². The number of hydrogen-bond donors (Lipinski definition) is 0. The summed E-state index contributed by atoms with van der Waals surface area (Å²) in [4.78, 5) is 15.0. The number of benzene rings is 7. The van der Waals surface area contributed by atoms with E-state index in [0.717, 1.165) is 27.8 Å². The highest BCUT2D eigenvalue weighted by Crippen LogP contribution is 2.37. The molecule has 0 fully saturated rings. The van der Waals surface area contributed by atoms with Crippen molar-refractivity contribution in [2.24, 2.45) is 0 Å². The quantitative estimate of drug-likeness (QED) is 0.193. The van der Waals surface area contributed by atoms with Crippen LogP contribution >= 0.6 is 11.3 Å². The molecule has 0 unspecified atom stereocenters. The number of hydrogen-bond acceptors (Lipinski definition) is 4. The van der Waals surface area contributed by atoms with Crippen molar-refractivity contribution >= 4 is 42.3 Å². The van der Waals surface area contributed by atoms with Gasteiger partial charge < -0.3 is 0 Å². The molecule has 0 saturated heterocycles. The normalized spacial score (nSPS) is 11.4. The van der Waals surface area contributed by atoms with E-state index in [4.69, 9.17) is 15.0 Å². The summed E-state index contributed by atoms with van der Waals surface area (Å²) >= 11 is 1.84. The molecule has 4 heteroatoms. The first-order valence-electron chi connectivity index (χ1n) is 15.7. The SMILES string of the molecule is c1ccc(-c2nc(-c3ccc(-c4ccc5ccccc5c4)cc3)nc(-c3cccc(-c4ccc5sc6ccccc6c5c4)c3)n2)cc1. The second-order valence-corrected chi connectivity index (χ2v) is 12.8. The van der Waals surface area contributed by atoms with Crippen LogP contribution in [0.15, 0.2) is 164 Å². The van der Waals surface area contributed by atoms with Gasteiger partial charge in [-0.05, 0) is 63.4 Å². The van der Waals surface area contributed by atoms with Crippen LogP contribution in [0.3, 0.4) is 0 Å². The molecule has 0 aliphatic rings. The van der Waals surface area contributed by atoms with Crippen LogP contribution in [0.1, 0.15) is 0 Å². The van der Waals surface area contributed by atoms with Crippen LogP contribution in [-0.2, 0) is 0 Å². The maximum absolute atomic E-state index is 5.04. The lowest BCUT2D eigenvalue weighted by molar-refractivity contribution is 1.07. The molecule has 9 aromatic rings. The summed E-state index contributed by atoms with van der Waals surface area (Å²) in [7, 11) is 0. The minimum absolute atomic E-state index is 0.649. The van der Waals surface area contributed by atoms with Crippen LogP contribution < -0.4 is 0 Å². The molecule has 0 spiro atoms. The number of nitrogens with zero attached hydrogens (tertiary/aromatic N) is 3. The lowest BCUT2D eigenvalue weighted by atomic mass is 10.00. The number of aromatic nitrogens is 3. The highest BCUT2D eigenvalue weighted by atomic mass is 32.1. The zero-order valence-electron chi connectivity index (χ0n) is 25.3. The zero-order valence-corrected chi connectivity index (χ0v) is 26.2. The molecule has 0 aliphatic carbocycles. The minimum atomic E-state index is 0.649. The van der Waals surface area contributed by atoms with Crippen molar-refractivity contribution in [3.05, 3.63) is 164 Å². The van der Waals surface area contributed by atoms with E-state index in [0.29, 0.717) is 17.5 Å². The van der Waals surface area contributed by atoms with Gasteiger partial charge in [-0.15, -0.1) is 11.3 Å². The number of thiophene rings is 1. The molecule has 0 radical (unpaired) electrons. The van der Waals surface area contributed by atoms with Gasteiger partial charge in [-0.25, -0.2) is 15.0 Å². The second-order valence-electron chi connectivity index (χ2n) is 11.7. The molecule has 0 amide bonds. The van der Waals surface area contributed by atoms with Crippen LogP contribution in [0.4, 0.5) is 0 Å². The van der Waals surface area contributed by atoms with Crippen molar-refractivity contribution in [1.82, 2.24) is 15.0 Å². The molecule has 0 atom stereocenters. The van der Waals surface area contributed by atoms with Crippen molar-refractivity contribution in [3.8, 4) is 56.4 Å². The molecular formula is C43H27N3S. The Morgan fingerprint density at radius 3 is 1.66 bits per heavy atom. The number of fused-ring (bicyclic) bond motifs is 4. The monoisotopic (exact) mass is 617 g/mol. The Kier molecular flexibility index (Phi) is 6.65. The van der Waals surface area contributed by atoms with Gasteiger partial charge in [-0.1, -0.05) is 133 Å². The van der Waals surface area contributed by atoms with E-state index in [1.54, 1.807) is 0 Å². The fourth-order valence-corrected chi connectivity index (χ4v) is 7.36. The maximum Gasteiger partial charge on any atom is 0.164 e. The average Bonchev–Trinajstić information content (AvgIpc) is 3.53. The molecule has 7 aromatic carbocycles. The van der Waals surface area contributed by atoms with Crippen molar-refractivity contribution in [3.63, 3.8) is 0 Å². The van der Waals surface area contributed by atoms with E-state index < -0.39 is 0 Å². The first kappa shape index (κ1) is 27.3. The van der Waals surface area contributed by atoms with Gasteiger partial charge in [0.25, 0.3) is 0 Å². The Balaban J connectivity index is 1.12. The van der Waals surface area contributed by atoms with E-state index in [2.05, 4.69) is 133 Å². The van der Waals surface area contributed by atoms with E-state index >= 15 is 0 Å². The van der Waals surface area contributed by atoms with Crippen molar-refractivity contribution < 1.29 is 0 Å². The molecule has 0 N–H and O–H groups in total. The molecular weight excluding hydrogens is 591 g/mol. The Labute approximate surface area is 276 Å². The maximum atomic E-state index is 5.04. The molecule has 2 aromatic heterocycles. The molecule has 220 valence electrons. The molecule has 0 bridgehead atoms. The first-order valence-corrected chi connectivity index (χ1v) is 16.5. The van der Waals surface area contributed by atoms with Crippen molar-refractivity contribution in [1.29, 1.82) is 0 Å². The lowest BCUT2D eigenvalue weighted by Crippen LogP contribution is -2.00. The molecule has 47 heavy (non-hydrogen) atoms. The van der Waals surface area contributed by atoms with Gasteiger partial charge in [-0.3, -0.25) is 0 Å². The fraction of sp³-hybridized carbons (Fsp3) is 0. The number of rotatable bonds is 5. The molecule has 2 heterocycles. The standard InChI is InChI=1S/C43H27N3S/c1-2-10-30(11-3-1)41-44-42(31-20-17-29(18-21-31)34-22-19-28-9-4-5-12-32(28)25-34)46-43(45-41)36-14-8-13-33(26-36)35-23-24-40-38(27-35)37-15-6-7-16-39(37)47-40/h1-27H. The average molecular weight is 618 g/mol. The largest absolute Gasteiger partial charge is 0.208 e. The fourth-order valence-electron chi connectivity index (χ4n) is 6.27. The first-order chi connectivity index (χ1) is 23.2. The van der Waals surface area contributed by atoms with Crippen LogP contribution in [0.2, 0.25) is 0 Å². The van der Waals surface area contributed by atoms with Gasteiger partial charge in [0.1, 0.15) is 0 Å². The summed E-state index contributed by atoms with van der Waals surface area (Å²) in [6.07, 6.45) is 0. The summed E-state index contributed by atoms with van der Waals surface area (Å²) in [5.41, 5.74) is 7.48. The molecule has 0 aliphatic heterocycles. The van der Waals surface area contributed by atoms with Gasteiger partial charge in [0.05, 0.1) is 0 Å². The van der Waals surface area contributed by atoms with Gasteiger partial charge in [0.15, 0.2) is 17.5 Å². The van der Waals surface area contributed by atoms with Crippen LogP contribution in [-0.4, -0.2) is 15.0 Å². The molecule has 9 rings (SSSR count). The summed E-state index contributed by atoms with van der Waals surface area (Å²) in [6.45, 7) is 0. The minimum Gasteiger partial charge on any atom is -0.208 e. The summed E-state index contributed by atoms with van der Waals surface area (Å²) in [6, 6.07) is 57.6. The smallest absolute Gasteiger partial charge is 0.164 e. The highest BCUT2D eigenvalue weighted by Gasteiger charge is 2.14. The summed E-state index contributed by atoms with van der Waals surface area (Å²) < 4.78 is 2.61. The van der Waals surface area contributed by atoms with E-state index in [1.807, 2.05) is 41.7 Å². The van der Waals surface area contributed by atoms with E-state index in [1.165, 1.54) is 42.1 Å². The predicted octanol–water partition coefficient (Wildman–Crippen LogP) is 11.7.